The molecule has 8 rings (SSSR count). The van der Waals surface area contributed by atoms with Gasteiger partial charge < -0.3 is 24.2 Å². The molecule has 0 spiro atoms. The first-order valence-corrected chi connectivity index (χ1v) is 15.6. The van der Waals surface area contributed by atoms with Crippen molar-refractivity contribution < 1.29 is 32.5 Å². The Hall–Kier alpha value is -4.34. The summed E-state index contributed by atoms with van der Waals surface area (Å²) in [6.07, 6.45) is 7.55. The lowest BCUT2D eigenvalue weighted by molar-refractivity contribution is 0.107. The van der Waals surface area contributed by atoms with Gasteiger partial charge in [-0.1, -0.05) is 12.0 Å². The summed E-state index contributed by atoms with van der Waals surface area (Å²) in [7, 11) is 0. The Morgan fingerprint density at radius 2 is 2.04 bits per heavy atom. The van der Waals surface area contributed by atoms with Gasteiger partial charge in [-0.3, -0.25) is 4.90 Å². The molecule has 0 saturated carbocycles. The van der Waals surface area contributed by atoms with E-state index in [9.17, 15) is 13.9 Å². The number of ether oxygens (including phenoxy) is 3. The summed E-state index contributed by atoms with van der Waals surface area (Å²) in [6.45, 7) is 4.43. The van der Waals surface area contributed by atoms with Crippen LogP contribution in [0.3, 0.4) is 0 Å². The third kappa shape index (κ3) is 4.51. The van der Waals surface area contributed by atoms with Crippen LogP contribution in [0.4, 0.5) is 19.0 Å². The Bertz CT molecular complexity index is 1940. The van der Waals surface area contributed by atoms with Gasteiger partial charge >= 0.3 is 6.01 Å². The van der Waals surface area contributed by atoms with Gasteiger partial charge in [0.15, 0.2) is 5.82 Å². The van der Waals surface area contributed by atoms with Gasteiger partial charge in [0.05, 0.1) is 23.8 Å². The molecule has 0 aliphatic carbocycles. The number of halogens is 3. The van der Waals surface area contributed by atoms with Crippen molar-refractivity contribution in [2.75, 3.05) is 44.4 Å². The summed E-state index contributed by atoms with van der Waals surface area (Å²) >= 11 is 0. The van der Waals surface area contributed by atoms with E-state index in [1.165, 1.54) is 24.3 Å². The molecule has 46 heavy (non-hydrogen) atoms. The highest BCUT2D eigenvalue weighted by molar-refractivity contribution is 6.04. The number of fused-ring (bicyclic) bond motifs is 4. The van der Waals surface area contributed by atoms with Gasteiger partial charge in [-0.25, -0.2) is 18.2 Å². The molecule has 2 aromatic heterocycles. The zero-order chi connectivity index (χ0) is 31.7. The number of pyridine rings is 1. The van der Waals surface area contributed by atoms with Gasteiger partial charge in [0.1, 0.15) is 53.4 Å². The first-order valence-electron chi connectivity index (χ1n) is 15.6. The third-order valence-corrected chi connectivity index (χ3v) is 9.91. The van der Waals surface area contributed by atoms with Crippen molar-refractivity contribution in [2.24, 2.45) is 0 Å². The summed E-state index contributed by atoms with van der Waals surface area (Å²) in [5.41, 5.74) is -0.802. The van der Waals surface area contributed by atoms with E-state index in [1.807, 2.05) is 6.92 Å². The van der Waals surface area contributed by atoms with Crippen LogP contribution in [0.1, 0.15) is 38.2 Å². The van der Waals surface area contributed by atoms with Crippen LogP contribution in [0.2, 0.25) is 0 Å². The van der Waals surface area contributed by atoms with Crippen LogP contribution in [0.25, 0.3) is 32.9 Å². The van der Waals surface area contributed by atoms with E-state index in [-0.39, 0.29) is 76.0 Å². The minimum atomic E-state index is -0.939. The number of benzene rings is 2. The molecule has 1 N–H and O–H groups in total. The van der Waals surface area contributed by atoms with E-state index in [1.54, 1.807) is 0 Å². The minimum Gasteiger partial charge on any atom is -0.508 e. The lowest BCUT2D eigenvalue weighted by Crippen LogP contribution is -2.46. The second-order valence-electron chi connectivity index (χ2n) is 12.7. The molecule has 4 aliphatic heterocycles. The number of hydrogen-bond acceptors (Lipinski definition) is 9. The third-order valence-electron chi connectivity index (χ3n) is 9.91. The highest BCUT2D eigenvalue weighted by Crippen LogP contribution is 2.45. The average molecular weight is 632 g/mol. The second-order valence-corrected chi connectivity index (χ2v) is 12.7. The van der Waals surface area contributed by atoms with Crippen LogP contribution < -0.4 is 14.4 Å². The van der Waals surface area contributed by atoms with Gasteiger partial charge in [0.25, 0.3) is 0 Å². The quantitative estimate of drug-likeness (QED) is 0.308. The number of phenolic OH excluding ortho intramolecular Hbond substituents is 1. The van der Waals surface area contributed by atoms with Crippen LogP contribution in [0, 0.1) is 24.0 Å². The van der Waals surface area contributed by atoms with Crippen molar-refractivity contribution in [1.82, 2.24) is 19.9 Å². The lowest BCUT2D eigenvalue weighted by Gasteiger charge is -2.34. The molecule has 4 aromatic rings. The van der Waals surface area contributed by atoms with Crippen molar-refractivity contribution in [3.8, 4) is 41.2 Å². The van der Waals surface area contributed by atoms with Gasteiger partial charge in [-0.15, -0.1) is 6.42 Å². The standard InChI is InChI=1S/C34H32F3N5O4/c1-3-23-25(36)6-5-19-11-22(43)12-24(26(19)23)29-28(37)30-27-31(42-18(2)7-10-44-15-21(42)16-45-32(27)38-29)40-33(39-30)46-17-34-8-4-9-41(34)14-20(35)13-34/h1,5-6,11-12,18,20-21,43H,4,7-10,13-17H2,2H3/t18-,20-,21+,34+/m1/s1. The molecule has 238 valence electrons. The van der Waals surface area contributed by atoms with Gasteiger partial charge in [0, 0.05) is 36.6 Å². The maximum absolute atomic E-state index is 17.0. The van der Waals surface area contributed by atoms with Crippen molar-refractivity contribution in [3.63, 3.8) is 0 Å². The summed E-state index contributed by atoms with van der Waals surface area (Å²) in [4.78, 5) is 18.2. The predicted molar refractivity (Wildman–Crippen MR) is 165 cm³/mol. The number of terminal acetylenes is 1. The molecule has 0 amide bonds. The van der Waals surface area contributed by atoms with E-state index in [4.69, 9.17) is 25.6 Å². The van der Waals surface area contributed by atoms with E-state index in [0.717, 1.165) is 19.4 Å². The molecule has 0 radical (unpaired) electrons. The smallest absolute Gasteiger partial charge is 0.319 e. The molecule has 0 unspecified atom stereocenters. The number of anilines is 1. The summed E-state index contributed by atoms with van der Waals surface area (Å²) in [5, 5.41) is 11.5. The van der Waals surface area contributed by atoms with Crippen LogP contribution in [-0.4, -0.2) is 88.3 Å². The van der Waals surface area contributed by atoms with E-state index >= 15 is 4.39 Å². The van der Waals surface area contributed by atoms with Crippen molar-refractivity contribution >= 4 is 27.5 Å². The SMILES string of the molecule is C#Cc1c(F)ccc2cc(O)cc(-c3nc4c5c(nc(OC[C@@]67CCCN6C[C@H](F)C7)nc5c3F)N3[C@@H](COCC[C@H]3C)CO4)c12. The number of hydrogen-bond donors (Lipinski definition) is 1. The maximum Gasteiger partial charge on any atom is 0.319 e. The van der Waals surface area contributed by atoms with Crippen molar-refractivity contribution in [2.45, 2.75) is 56.4 Å². The largest absolute Gasteiger partial charge is 0.508 e. The molecule has 3 fully saturated rings. The minimum absolute atomic E-state index is 0.0436. The number of rotatable bonds is 4. The van der Waals surface area contributed by atoms with Crippen molar-refractivity contribution in [3.05, 3.63) is 41.5 Å². The highest BCUT2D eigenvalue weighted by Gasteiger charge is 2.49. The number of aromatic hydroxyl groups is 1. The fourth-order valence-corrected chi connectivity index (χ4v) is 7.78. The Morgan fingerprint density at radius 1 is 1.17 bits per heavy atom. The van der Waals surface area contributed by atoms with Crippen LogP contribution in [0.5, 0.6) is 17.6 Å². The van der Waals surface area contributed by atoms with E-state index in [0.29, 0.717) is 43.8 Å². The molecular formula is C34H32F3N5O4. The van der Waals surface area contributed by atoms with Crippen LogP contribution in [-0.2, 0) is 4.74 Å². The first-order chi connectivity index (χ1) is 22.3. The van der Waals surface area contributed by atoms with E-state index < -0.39 is 23.3 Å². The summed E-state index contributed by atoms with van der Waals surface area (Å²) < 4.78 is 64.8. The van der Waals surface area contributed by atoms with Crippen molar-refractivity contribution in [1.29, 1.82) is 0 Å². The molecule has 6 heterocycles. The van der Waals surface area contributed by atoms with Gasteiger partial charge in [0.2, 0.25) is 5.88 Å². The number of nitrogens with zero attached hydrogens (tertiary/aromatic N) is 5. The Balaban J connectivity index is 1.35. The zero-order valence-electron chi connectivity index (χ0n) is 25.2. The fourth-order valence-electron chi connectivity index (χ4n) is 7.78. The fraction of sp³-hybridized carbons (Fsp3) is 0.441. The Labute approximate surface area is 263 Å². The molecule has 4 atom stereocenters. The van der Waals surface area contributed by atoms with Crippen LogP contribution in [0.15, 0.2) is 24.3 Å². The first kappa shape index (κ1) is 29.1. The Morgan fingerprint density at radius 3 is 2.89 bits per heavy atom. The summed E-state index contributed by atoms with van der Waals surface area (Å²) in [5.74, 6) is 1.17. The molecule has 0 bridgehead atoms. The molecule has 12 heteroatoms. The van der Waals surface area contributed by atoms with Gasteiger partial charge in [-0.2, -0.15) is 9.97 Å². The van der Waals surface area contributed by atoms with Crippen LogP contribution >= 0.6 is 0 Å². The summed E-state index contributed by atoms with van der Waals surface area (Å²) in [6, 6.07) is 5.03. The molecule has 4 aliphatic rings. The maximum atomic E-state index is 17.0. The monoisotopic (exact) mass is 631 g/mol. The zero-order valence-corrected chi connectivity index (χ0v) is 25.2. The normalized spacial score (nSPS) is 25.9. The highest BCUT2D eigenvalue weighted by atomic mass is 19.1. The Kier molecular flexibility index (Phi) is 6.88. The topological polar surface area (TPSA) is 93.1 Å². The average Bonchev–Trinajstić information content (AvgIpc) is 3.43. The molecular weight excluding hydrogens is 599 g/mol. The second kappa shape index (κ2) is 10.9. The molecule has 3 saturated heterocycles. The molecule has 9 nitrogen and oxygen atoms in total. The number of alkyl halides is 1. The lowest BCUT2D eigenvalue weighted by atomic mass is 9.95. The number of aromatic nitrogens is 3. The number of phenols is 1. The van der Waals surface area contributed by atoms with Gasteiger partial charge in [-0.05, 0) is 56.3 Å². The van der Waals surface area contributed by atoms with E-state index in [2.05, 4.69) is 25.7 Å². The predicted octanol–water partition coefficient (Wildman–Crippen LogP) is 5.14. The molecule has 2 aromatic carbocycles.